The Labute approximate surface area is 175 Å². The number of urea groups is 1. The summed E-state index contributed by atoms with van der Waals surface area (Å²) >= 11 is 0. The minimum absolute atomic E-state index is 0.0801. The van der Waals surface area contributed by atoms with Crippen molar-refractivity contribution >= 4 is 23.6 Å². The van der Waals surface area contributed by atoms with Crippen LogP contribution in [0.2, 0.25) is 0 Å². The Morgan fingerprint density at radius 3 is 2.60 bits per heavy atom. The number of ether oxygens (including phenoxy) is 1. The third-order valence-electron chi connectivity index (χ3n) is 5.01. The lowest BCUT2D eigenvalue weighted by atomic mass is 9.96. The van der Waals surface area contributed by atoms with Crippen LogP contribution in [0.5, 0.6) is 0 Å². The maximum atomic E-state index is 12.6. The van der Waals surface area contributed by atoms with E-state index in [1.807, 2.05) is 6.07 Å². The van der Waals surface area contributed by atoms with Crippen molar-refractivity contribution in [2.75, 3.05) is 5.32 Å². The first-order chi connectivity index (χ1) is 14.5. The van der Waals surface area contributed by atoms with Crippen molar-refractivity contribution < 1.29 is 23.5 Å². The number of hydrogen-bond donors (Lipinski definition) is 3. The zero-order valence-electron chi connectivity index (χ0n) is 17.0. The van der Waals surface area contributed by atoms with Crippen LogP contribution in [0.15, 0.2) is 47.1 Å². The lowest BCUT2D eigenvalue weighted by Crippen LogP contribution is -2.48. The Hall–Kier alpha value is -3.29. The van der Waals surface area contributed by atoms with Crippen molar-refractivity contribution in [3.05, 3.63) is 54.0 Å². The van der Waals surface area contributed by atoms with E-state index in [9.17, 15) is 14.4 Å². The monoisotopic (exact) mass is 413 g/mol. The van der Waals surface area contributed by atoms with E-state index in [-0.39, 0.29) is 11.6 Å². The molecule has 2 aromatic rings. The SMILES string of the molecule is C[C@@H](OC(=O)c1ccccc1NCc1ccco1)C(=O)NC(=O)NC1CCCCC1. The van der Waals surface area contributed by atoms with E-state index in [0.717, 1.165) is 31.4 Å². The summed E-state index contributed by atoms with van der Waals surface area (Å²) in [5.41, 5.74) is 0.844. The van der Waals surface area contributed by atoms with Crippen molar-refractivity contribution in [3.8, 4) is 0 Å². The fourth-order valence-corrected chi connectivity index (χ4v) is 3.37. The van der Waals surface area contributed by atoms with Crippen LogP contribution < -0.4 is 16.0 Å². The van der Waals surface area contributed by atoms with Gasteiger partial charge in [-0.25, -0.2) is 9.59 Å². The van der Waals surface area contributed by atoms with E-state index >= 15 is 0 Å². The van der Waals surface area contributed by atoms with E-state index in [4.69, 9.17) is 9.15 Å². The maximum absolute atomic E-state index is 12.6. The van der Waals surface area contributed by atoms with Gasteiger partial charge in [0.1, 0.15) is 5.76 Å². The van der Waals surface area contributed by atoms with Crippen molar-refractivity contribution in [3.63, 3.8) is 0 Å². The number of benzene rings is 1. The van der Waals surface area contributed by atoms with E-state index in [2.05, 4.69) is 16.0 Å². The number of imide groups is 1. The summed E-state index contributed by atoms with van der Waals surface area (Å²) in [6.45, 7) is 1.83. The van der Waals surface area contributed by atoms with E-state index in [1.165, 1.54) is 13.3 Å². The number of carbonyl (C=O) groups excluding carboxylic acids is 3. The third kappa shape index (κ3) is 6.10. The van der Waals surface area contributed by atoms with Crippen LogP contribution in [-0.2, 0) is 16.1 Å². The zero-order valence-corrected chi connectivity index (χ0v) is 17.0. The molecule has 1 atom stereocenters. The Morgan fingerprint density at radius 2 is 1.87 bits per heavy atom. The molecule has 160 valence electrons. The van der Waals surface area contributed by atoms with Gasteiger partial charge in [-0.3, -0.25) is 10.1 Å². The number of nitrogens with one attached hydrogen (secondary N) is 3. The second kappa shape index (κ2) is 10.5. The van der Waals surface area contributed by atoms with E-state index < -0.39 is 24.0 Å². The summed E-state index contributed by atoms with van der Waals surface area (Å²) in [4.78, 5) is 36.9. The molecule has 1 aromatic heterocycles. The summed E-state index contributed by atoms with van der Waals surface area (Å²) < 4.78 is 10.5. The second-order valence-corrected chi connectivity index (χ2v) is 7.32. The molecule has 3 N–H and O–H groups in total. The molecule has 0 radical (unpaired) electrons. The van der Waals surface area contributed by atoms with Gasteiger partial charge in [0.15, 0.2) is 6.10 Å². The number of carbonyl (C=O) groups is 3. The number of para-hydroxylation sites is 1. The molecule has 1 fully saturated rings. The molecule has 1 aliphatic rings. The van der Waals surface area contributed by atoms with Crippen molar-refractivity contribution in [2.24, 2.45) is 0 Å². The van der Waals surface area contributed by atoms with Crippen LogP contribution in [0.25, 0.3) is 0 Å². The average molecular weight is 413 g/mol. The fraction of sp³-hybridized carbons (Fsp3) is 0.409. The van der Waals surface area contributed by atoms with Gasteiger partial charge in [-0.2, -0.15) is 0 Å². The molecule has 0 unspecified atom stereocenters. The van der Waals surface area contributed by atoms with E-state index in [0.29, 0.717) is 12.2 Å². The van der Waals surface area contributed by atoms with Crippen LogP contribution in [0, 0.1) is 0 Å². The van der Waals surface area contributed by atoms with Gasteiger partial charge in [0.2, 0.25) is 0 Å². The van der Waals surface area contributed by atoms with Crippen LogP contribution in [0.1, 0.15) is 55.1 Å². The number of furan rings is 1. The van der Waals surface area contributed by atoms with Crippen molar-refractivity contribution in [1.82, 2.24) is 10.6 Å². The quantitative estimate of drug-likeness (QED) is 0.599. The normalized spacial score (nSPS) is 15.1. The number of esters is 1. The molecule has 0 aliphatic heterocycles. The first-order valence-corrected chi connectivity index (χ1v) is 10.2. The van der Waals surface area contributed by atoms with Crippen LogP contribution in [0.3, 0.4) is 0 Å². The summed E-state index contributed by atoms with van der Waals surface area (Å²) in [7, 11) is 0. The van der Waals surface area contributed by atoms with Gasteiger partial charge in [-0.15, -0.1) is 0 Å². The summed E-state index contributed by atoms with van der Waals surface area (Å²) in [6, 6.07) is 9.95. The number of rotatable bonds is 7. The van der Waals surface area contributed by atoms with Crippen LogP contribution >= 0.6 is 0 Å². The van der Waals surface area contributed by atoms with Crippen LogP contribution in [-0.4, -0.2) is 30.1 Å². The van der Waals surface area contributed by atoms with Crippen molar-refractivity contribution in [2.45, 2.75) is 57.7 Å². The smallest absolute Gasteiger partial charge is 0.341 e. The minimum atomic E-state index is -1.12. The average Bonchev–Trinajstić information content (AvgIpc) is 3.26. The standard InChI is InChI=1S/C22H27N3O5/c1-15(20(26)25-22(28)24-16-8-3-2-4-9-16)30-21(27)18-11-5-6-12-19(18)23-14-17-10-7-13-29-17/h5-7,10-13,15-16,23H,2-4,8-9,14H2,1H3,(H2,24,25,26,28)/t15-/m1/s1. The fourth-order valence-electron chi connectivity index (χ4n) is 3.37. The van der Waals surface area contributed by atoms with Gasteiger partial charge in [-0.05, 0) is 44.0 Å². The Morgan fingerprint density at radius 1 is 1.10 bits per heavy atom. The molecule has 0 saturated heterocycles. The Kier molecular flexibility index (Phi) is 7.48. The topological polar surface area (TPSA) is 110 Å². The zero-order chi connectivity index (χ0) is 21.3. The predicted octanol–water partition coefficient (Wildman–Crippen LogP) is 3.60. The molecule has 1 heterocycles. The Balaban J connectivity index is 1.51. The van der Waals surface area contributed by atoms with Crippen LogP contribution in [0.4, 0.5) is 10.5 Å². The van der Waals surface area contributed by atoms with E-state index in [1.54, 1.807) is 36.6 Å². The number of hydrogen-bond acceptors (Lipinski definition) is 6. The van der Waals surface area contributed by atoms with Gasteiger partial charge in [-0.1, -0.05) is 31.4 Å². The van der Waals surface area contributed by atoms with Gasteiger partial charge in [0, 0.05) is 11.7 Å². The molecule has 0 bridgehead atoms. The minimum Gasteiger partial charge on any atom is -0.467 e. The molecule has 8 nitrogen and oxygen atoms in total. The lowest BCUT2D eigenvalue weighted by molar-refractivity contribution is -0.127. The summed E-state index contributed by atoms with van der Waals surface area (Å²) in [6.07, 6.45) is 5.58. The highest BCUT2D eigenvalue weighted by Crippen LogP contribution is 2.19. The molecule has 3 amide bonds. The molecular weight excluding hydrogens is 386 g/mol. The highest BCUT2D eigenvalue weighted by molar-refractivity contribution is 6.00. The molecule has 1 saturated carbocycles. The molecule has 3 rings (SSSR count). The van der Waals surface area contributed by atoms with Gasteiger partial charge in [0.05, 0.1) is 18.4 Å². The highest BCUT2D eigenvalue weighted by Gasteiger charge is 2.23. The lowest BCUT2D eigenvalue weighted by Gasteiger charge is -2.23. The molecule has 0 spiro atoms. The number of amides is 3. The summed E-state index contributed by atoms with van der Waals surface area (Å²) in [5, 5.41) is 8.16. The highest BCUT2D eigenvalue weighted by atomic mass is 16.5. The van der Waals surface area contributed by atoms with Gasteiger partial charge >= 0.3 is 12.0 Å². The maximum Gasteiger partial charge on any atom is 0.341 e. The Bertz CT molecular complexity index is 859. The van der Waals surface area contributed by atoms with Gasteiger partial charge in [0.25, 0.3) is 5.91 Å². The third-order valence-corrected chi connectivity index (χ3v) is 5.01. The summed E-state index contributed by atoms with van der Waals surface area (Å²) in [5.74, 6) is -0.611. The molecule has 1 aromatic carbocycles. The second-order valence-electron chi connectivity index (χ2n) is 7.32. The first kappa shape index (κ1) is 21.4. The molecular formula is C22H27N3O5. The molecule has 8 heteroatoms. The van der Waals surface area contributed by atoms with Crippen molar-refractivity contribution in [1.29, 1.82) is 0 Å². The molecule has 30 heavy (non-hydrogen) atoms. The molecule has 1 aliphatic carbocycles. The number of anilines is 1. The first-order valence-electron chi connectivity index (χ1n) is 10.2. The largest absolute Gasteiger partial charge is 0.467 e. The van der Waals surface area contributed by atoms with Gasteiger partial charge < -0.3 is 19.8 Å². The predicted molar refractivity (Wildman–Crippen MR) is 111 cm³/mol.